The molecule has 0 unspecified atom stereocenters. The number of nitriles is 1. The summed E-state index contributed by atoms with van der Waals surface area (Å²) in [5.74, 6) is 0.0139. The number of alkyl halides is 2. The largest absolute Gasteiger partial charge is 0.429 e. The molecule has 1 aliphatic carbocycles. The molecule has 1 saturated carbocycles. The van der Waals surface area contributed by atoms with Crippen molar-refractivity contribution in [2.75, 3.05) is 0 Å². The second-order valence-corrected chi connectivity index (χ2v) is 7.50. The fourth-order valence-electron chi connectivity index (χ4n) is 4.00. The van der Waals surface area contributed by atoms with E-state index in [1.165, 1.54) is 43.9 Å². The van der Waals surface area contributed by atoms with Crippen molar-refractivity contribution in [2.45, 2.75) is 57.5 Å². The Bertz CT molecular complexity index is 834. The van der Waals surface area contributed by atoms with E-state index in [-0.39, 0.29) is 16.9 Å². The second-order valence-electron chi connectivity index (χ2n) is 7.50. The minimum atomic E-state index is -3.59. The molecule has 148 valence electrons. The van der Waals surface area contributed by atoms with Gasteiger partial charge in [-0.15, -0.1) is 0 Å². The van der Waals surface area contributed by atoms with E-state index in [9.17, 15) is 13.2 Å². The fourth-order valence-corrected chi connectivity index (χ4v) is 4.00. The van der Waals surface area contributed by atoms with Gasteiger partial charge in [-0.2, -0.15) is 14.0 Å². The van der Waals surface area contributed by atoms with Crippen molar-refractivity contribution in [3.8, 4) is 11.8 Å². The summed E-state index contributed by atoms with van der Waals surface area (Å²) < 4.78 is 47.2. The monoisotopic (exact) mass is 387 g/mol. The fraction of sp³-hybridized carbons (Fsp3) is 0.435. The molecule has 5 heteroatoms. The maximum atomic E-state index is 14.5. The molecule has 1 aliphatic rings. The summed E-state index contributed by atoms with van der Waals surface area (Å²) in [6.45, 7) is 2.21. The van der Waals surface area contributed by atoms with Gasteiger partial charge in [-0.1, -0.05) is 31.9 Å². The lowest BCUT2D eigenvalue weighted by molar-refractivity contribution is -0.185. The highest BCUT2D eigenvalue weighted by Crippen LogP contribution is 2.39. The molecule has 0 spiro atoms. The maximum absolute atomic E-state index is 14.5. The van der Waals surface area contributed by atoms with Gasteiger partial charge in [0.2, 0.25) is 0 Å². The Labute approximate surface area is 163 Å². The van der Waals surface area contributed by atoms with Gasteiger partial charge in [0, 0.05) is 6.07 Å². The molecule has 2 nitrogen and oxygen atoms in total. The number of rotatable bonds is 6. The van der Waals surface area contributed by atoms with Crippen LogP contribution in [0.5, 0.6) is 5.75 Å². The van der Waals surface area contributed by atoms with Crippen LogP contribution in [-0.4, -0.2) is 0 Å². The highest BCUT2D eigenvalue weighted by molar-refractivity contribution is 5.37. The van der Waals surface area contributed by atoms with Crippen LogP contribution >= 0.6 is 0 Å². The van der Waals surface area contributed by atoms with Crippen LogP contribution in [0.1, 0.15) is 68.1 Å². The molecular weight excluding hydrogens is 363 g/mol. The highest BCUT2D eigenvalue weighted by atomic mass is 19.3. The first kappa shape index (κ1) is 20.3. The lowest BCUT2D eigenvalue weighted by atomic mass is 9.77. The SMILES string of the molecule is CCC[C@H]1CC[C@H](c2ccc(C(F)(F)Oc3ccc(C#N)c(F)c3)cc2)CC1. The summed E-state index contributed by atoms with van der Waals surface area (Å²) in [7, 11) is 0. The number of nitrogens with zero attached hydrogens (tertiary/aromatic N) is 1. The molecule has 1 fully saturated rings. The Balaban J connectivity index is 1.67. The van der Waals surface area contributed by atoms with E-state index in [1.807, 2.05) is 0 Å². The number of ether oxygens (including phenoxy) is 1. The van der Waals surface area contributed by atoms with E-state index >= 15 is 0 Å². The summed E-state index contributed by atoms with van der Waals surface area (Å²) in [6, 6.07) is 11.0. The van der Waals surface area contributed by atoms with Crippen molar-refractivity contribution in [1.82, 2.24) is 0 Å². The summed E-state index contributed by atoms with van der Waals surface area (Å²) in [6.07, 6.45) is 3.49. The van der Waals surface area contributed by atoms with Crippen LogP contribution in [0.4, 0.5) is 13.2 Å². The van der Waals surface area contributed by atoms with E-state index in [4.69, 9.17) is 10.00 Å². The normalized spacial score (nSPS) is 19.8. The molecule has 3 rings (SSSR count). The summed E-state index contributed by atoms with van der Waals surface area (Å²) in [4.78, 5) is 0. The number of hydrogen-bond donors (Lipinski definition) is 0. The van der Waals surface area contributed by atoms with Crippen LogP contribution < -0.4 is 4.74 Å². The van der Waals surface area contributed by atoms with E-state index < -0.39 is 11.9 Å². The van der Waals surface area contributed by atoms with Gasteiger partial charge in [0.25, 0.3) is 0 Å². The molecule has 2 aromatic rings. The third-order valence-electron chi connectivity index (χ3n) is 5.57. The molecule has 28 heavy (non-hydrogen) atoms. The Morgan fingerprint density at radius 2 is 1.75 bits per heavy atom. The first-order chi connectivity index (χ1) is 13.4. The van der Waals surface area contributed by atoms with Crippen LogP contribution in [0.3, 0.4) is 0 Å². The minimum absolute atomic E-state index is 0.214. The highest BCUT2D eigenvalue weighted by Gasteiger charge is 2.35. The van der Waals surface area contributed by atoms with Gasteiger partial charge in [0.1, 0.15) is 17.6 Å². The Hall–Kier alpha value is -2.48. The van der Waals surface area contributed by atoms with Gasteiger partial charge < -0.3 is 4.74 Å². The third-order valence-corrected chi connectivity index (χ3v) is 5.57. The molecule has 0 saturated heterocycles. The van der Waals surface area contributed by atoms with Crippen LogP contribution in [-0.2, 0) is 6.11 Å². The van der Waals surface area contributed by atoms with Gasteiger partial charge in [-0.25, -0.2) is 4.39 Å². The van der Waals surface area contributed by atoms with Crippen molar-refractivity contribution in [3.63, 3.8) is 0 Å². The molecule has 2 aromatic carbocycles. The van der Waals surface area contributed by atoms with Gasteiger partial charge in [-0.05, 0) is 67.3 Å². The average Bonchev–Trinajstić information content (AvgIpc) is 2.69. The van der Waals surface area contributed by atoms with E-state index in [2.05, 4.69) is 6.92 Å². The number of hydrogen-bond acceptors (Lipinski definition) is 2. The molecule has 0 aromatic heterocycles. The first-order valence-electron chi connectivity index (χ1n) is 9.80. The minimum Gasteiger partial charge on any atom is -0.429 e. The quantitative estimate of drug-likeness (QED) is 0.540. The lowest BCUT2D eigenvalue weighted by Crippen LogP contribution is -2.22. The molecule has 0 N–H and O–H groups in total. The molecular formula is C23H24F3NO. The Morgan fingerprint density at radius 1 is 1.07 bits per heavy atom. The summed E-state index contributed by atoms with van der Waals surface area (Å²) in [5.41, 5.74) is 0.591. The standard InChI is InChI=1S/C23H24F3NO/c1-2-3-16-4-6-17(7-5-16)18-8-11-20(12-9-18)23(25,26)28-21-13-10-19(15-27)22(24)14-21/h8-14,16-17H,2-7H2,1H3/t16-,17-. The zero-order valence-corrected chi connectivity index (χ0v) is 15.9. The Morgan fingerprint density at radius 3 is 2.32 bits per heavy atom. The van der Waals surface area contributed by atoms with Crippen molar-refractivity contribution in [2.24, 2.45) is 5.92 Å². The zero-order chi connectivity index (χ0) is 20.1. The van der Waals surface area contributed by atoms with Gasteiger partial charge in [0.05, 0.1) is 11.1 Å². The van der Waals surface area contributed by atoms with Crippen LogP contribution in [0, 0.1) is 23.1 Å². The molecule has 0 amide bonds. The maximum Gasteiger partial charge on any atom is 0.426 e. The van der Waals surface area contributed by atoms with Crippen LogP contribution in [0.2, 0.25) is 0 Å². The Kier molecular flexibility index (Phi) is 6.28. The van der Waals surface area contributed by atoms with Gasteiger partial charge in [-0.3, -0.25) is 0 Å². The van der Waals surface area contributed by atoms with Gasteiger partial charge >= 0.3 is 6.11 Å². The van der Waals surface area contributed by atoms with E-state index in [0.29, 0.717) is 5.92 Å². The summed E-state index contributed by atoms with van der Waals surface area (Å²) in [5, 5.41) is 8.72. The average molecular weight is 387 g/mol. The molecule has 0 atom stereocenters. The van der Waals surface area contributed by atoms with Crippen LogP contribution in [0.15, 0.2) is 42.5 Å². The van der Waals surface area contributed by atoms with Crippen molar-refractivity contribution in [1.29, 1.82) is 5.26 Å². The first-order valence-corrected chi connectivity index (χ1v) is 9.80. The molecule has 0 aliphatic heterocycles. The van der Waals surface area contributed by atoms with Crippen molar-refractivity contribution >= 4 is 0 Å². The number of halogens is 3. The van der Waals surface area contributed by atoms with E-state index in [0.717, 1.165) is 36.5 Å². The predicted molar refractivity (Wildman–Crippen MR) is 102 cm³/mol. The molecule has 0 radical (unpaired) electrons. The second kappa shape index (κ2) is 8.68. The van der Waals surface area contributed by atoms with Crippen molar-refractivity contribution in [3.05, 3.63) is 65.0 Å². The topological polar surface area (TPSA) is 33.0 Å². The van der Waals surface area contributed by atoms with Crippen molar-refractivity contribution < 1.29 is 17.9 Å². The predicted octanol–water partition coefficient (Wildman–Crippen LogP) is 6.90. The summed E-state index contributed by atoms with van der Waals surface area (Å²) >= 11 is 0. The number of benzene rings is 2. The van der Waals surface area contributed by atoms with E-state index in [1.54, 1.807) is 18.2 Å². The molecule has 0 heterocycles. The smallest absolute Gasteiger partial charge is 0.426 e. The van der Waals surface area contributed by atoms with Gasteiger partial charge in [0.15, 0.2) is 0 Å². The lowest BCUT2D eigenvalue weighted by Gasteiger charge is -2.29. The van der Waals surface area contributed by atoms with Crippen LogP contribution in [0.25, 0.3) is 0 Å². The third kappa shape index (κ3) is 4.67. The molecule has 0 bridgehead atoms. The zero-order valence-electron chi connectivity index (χ0n) is 15.9.